The monoisotopic (exact) mass is 464 g/mol. The predicted molar refractivity (Wildman–Crippen MR) is 104 cm³/mol. The van der Waals surface area contributed by atoms with Crippen molar-refractivity contribution in [3.63, 3.8) is 0 Å². The Bertz CT molecular complexity index is 536. The second-order valence-electron chi connectivity index (χ2n) is 6.40. The number of benzene rings is 1. The molecule has 1 N–H and O–H groups in total. The molecule has 24 heavy (non-hydrogen) atoms. The van der Waals surface area contributed by atoms with Crippen LogP contribution in [-0.2, 0) is 11.3 Å². The van der Waals surface area contributed by atoms with Gasteiger partial charge in [-0.1, -0.05) is 0 Å². The minimum absolute atomic E-state index is 0.309. The molecule has 1 amide bonds. The molecule has 0 aliphatic carbocycles. The van der Waals surface area contributed by atoms with Crippen LogP contribution >= 0.6 is 31.9 Å². The summed E-state index contributed by atoms with van der Waals surface area (Å²) in [5.74, 6) is 0.811. The summed E-state index contributed by atoms with van der Waals surface area (Å²) < 4.78 is 12.7. The van der Waals surface area contributed by atoms with Crippen LogP contribution in [0.4, 0.5) is 4.79 Å². The third-order valence-corrected chi connectivity index (χ3v) is 4.18. The van der Waals surface area contributed by atoms with Crippen LogP contribution < -0.4 is 10.1 Å². The quantitative estimate of drug-likeness (QED) is 0.599. The molecule has 0 saturated heterocycles. The van der Waals surface area contributed by atoms with Gasteiger partial charge < -0.3 is 19.7 Å². The van der Waals surface area contributed by atoms with Crippen molar-refractivity contribution in [3.8, 4) is 5.75 Å². The Labute approximate surface area is 161 Å². The Morgan fingerprint density at radius 3 is 2.33 bits per heavy atom. The van der Waals surface area contributed by atoms with Gasteiger partial charge in [0.15, 0.2) is 0 Å². The Hall–Kier alpha value is -0.790. The minimum Gasteiger partial charge on any atom is -0.492 e. The van der Waals surface area contributed by atoms with Crippen LogP contribution in [0.2, 0.25) is 0 Å². The fraction of sp³-hybridized carbons (Fsp3) is 0.588. The van der Waals surface area contributed by atoms with E-state index in [4.69, 9.17) is 9.47 Å². The molecule has 1 rings (SSSR count). The second-order valence-corrected chi connectivity index (χ2v) is 8.11. The van der Waals surface area contributed by atoms with Crippen LogP contribution in [-0.4, -0.2) is 43.3 Å². The fourth-order valence-electron chi connectivity index (χ4n) is 1.91. The highest BCUT2D eigenvalue weighted by Crippen LogP contribution is 2.34. The fourth-order valence-corrected chi connectivity index (χ4v) is 3.42. The van der Waals surface area contributed by atoms with Gasteiger partial charge in [-0.15, -0.1) is 0 Å². The number of hydrogen-bond acceptors (Lipinski definition) is 4. The Morgan fingerprint density at radius 2 is 1.83 bits per heavy atom. The molecule has 0 atom stereocenters. The van der Waals surface area contributed by atoms with E-state index in [1.165, 1.54) is 0 Å². The first kappa shape index (κ1) is 21.3. The smallest absolute Gasteiger partial charge is 0.410 e. The van der Waals surface area contributed by atoms with Crippen molar-refractivity contribution >= 4 is 38.0 Å². The van der Waals surface area contributed by atoms with E-state index in [-0.39, 0.29) is 6.09 Å². The normalized spacial score (nSPS) is 11.3. The largest absolute Gasteiger partial charge is 0.492 e. The number of ether oxygens (including phenoxy) is 2. The third kappa shape index (κ3) is 7.40. The van der Waals surface area contributed by atoms with Crippen molar-refractivity contribution in [2.24, 2.45) is 0 Å². The van der Waals surface area contributed by atoms with Gasteiger partial charge in [0.2, 0.25) is 0 Å². The summed E-state index contributed by atoms with van der Waals surface area (Å²) in [6, 6.07) is 4.06. The first-order chi connectivity index (χ1) is 11.1. The summed E-state index contributed by atoms with van der Waals surface area (Å²) in [5, 5.41) is 3.32. The van der Waals surface area contributed by atoms with Gasteiger partial charge in [0.1, 0.15) is 11.4 Å². The van der Waals surface area contributed by atoms with Gasteiger partial charge in [-0.2, -0.15) is 0 Å². The number of nitrogens with one attached hydrogen (secondary N) is 1. The zero-order chi connectivity index (χ0) is 18.3. The van der Waals surface area contributed by atoms with E-state index < -0.39 is 5.60 Å². The number of likely N-dealkylation sites (N-methyl/N-ethyl adjacent to an activating group) is 1. The Kier molecular flexibility index (Phi) is 8.53. The van der Waals surface area contributed by atoms with Crippen LogP contribution in [0.5, 0.6) is 5.75 Å². The topological polar surface area (TPSA) is 50.8 Å². The zero-order valence-corrected chi connectivity index (χ0v) is 18.1. The first-order valence-electron chi connectivity index (χ1n) is 7.89. The number of nitrogens with zero attached hydrogens (tertiary/aromatic N) is 1. The maximum atomic E-state index is 11.9. The van der Waals surface area contributed by atoms with E-state index in [1.54, 1.807) is 11.9 Å². The SMILES string of the molecule is CCOc1c(Br)cc(CNCCN(C)C(=O)OC(C)(C)C)cc1Br. The van der Waals surface area contributed by atoms with Crippen molar-refractivity contribution in [2.75, 3.05) is 26.7 Å². The van der Waals surface area contributed by atoms with E-state index in [9.17, 15) is 4.79 Å². The molecule has 0 fully saturated rings. The molecule has 1 aromatic carbocycles. The van der Waals surface area contributed by atoms with Crippen molar-refractivity contribution < 1.29 is 14.3 Å². The molecule has 0 aliphatic rings. The van der Waals surface area contributed by atoms with E-state index in [2.05, 4.69) is 37.2 Å². The maximum Gasteiger partial charge on any atom is 0.410 e. The lowest BCUT2D eigenvalue weighted by atomic mass is 10.2. The summed E-state index contributed by atoms with van der Waals surface area (Å²) in [7, 11) is 1.74. The van der Waals surface area contributed by atoms with Crippen molar-refractivity contribution in [2.45, 2.75) is 39.8 Å². The Morgan fingerprint density at radius 1 is 1.25 bits per heavy atom. The average molecular weight is 466 g/mol. The van der Waals surface area contributed by atoms with Gasteiger partial charge in [0.05, 0.1) is 15.6 Å². The number of halogens is 2. The zero-order valence-electron chi connectivity index (χ0n) is 14.9. The first-order valence-corrected chi connectivity index (χ1v) is 9.48. The van der Waals surface area contributed by atoms with Crippen LogP contribution in [0, 0.1) is 0 Å². The van der Waals surface area contributed by atoms with Gasteiger partial charge in [0.25, 0.3) is 0 Å². The van der Waals surface area contributed by atoms with Gasteiger partial charge in [0, 0.05) is 26.7 Å². The van der Waals surface area contributed by atoms with Crippen molar-refractivity contribution in [1.29, 1.82) is 0 Å². The molecule has 0 unspecified atom stereocenters. The highest BCUT2D eigenvalue weighted by Gasteiger charge is 2.19. The number of rotatable bonds is 7. The lowest BCUT2D eigenvalue weighted by Gasteiger charge is -2.24. The summed E-state index contributed by atoms with van der Waals surface area (Å²) in [6.45, 7) is 10.1. The number of hydrogen-bond donors (Lipinski definition) is 1. The van der Waals surface area contributed by atoms with E-state index >= 15 is 0 Å². The predicted octanol–water partition coefficient (Wildman–Crippen LogP) is 4.57. The molecule has 136 valence electrons. The molecule has 0 bridgehead atoms. The van der Waals surface area contributed by atoms with Crippen molar-refractivity contribution in [3.05, 3.63) is 26.6 Å². The van der Waals surface area contributed by atoms with Crippen LogP contribution in [0.1, 0.15) is 33.3 Å². The summed E-state index contributed by atoms with van der Waals surface area (Å²) in [6.07, 6.45) is -0.309. The molecule has 0 aromatic heterocycles. The molecule has 1 aromatic rings. The number of carbonyl (C=O) groups excluding carboxylic acids is 1. The number of amides is 1. The molecule has 0 heterocycles. The lowest BCUT2D eigenvalue weighted by molar-refractivity contribution is 0.0300. The van der Waals surface area contributed by atoms with Gasteiger partial charge in [-0.25, -0.2) is 4.79 Å². The summed E-state index contributed by atoms with van der Waals surface area (Å²) in [5.41, 5.74) is 0.650. The molecule has 7 heteroatoms. The molecular formula is C17H26Br2N2O3. The standard InChI is InChI=1S/C17H26Br2N2O3/c1-6-23-15-13(18)9-12(10-14(15)19)11-20-7-8-21(5)16(22)24-17(2,3)4/h9-10,20H,6-8,11H2,1-5H3. The van der Waals surface area contributed by atoms with Crippen LogP contribution in [0.25, 0.3) is 0 Å². The third-order valence-electron chi connectivity index (χ3n) is 3.01. The number of carbonyl (C=O) groups is 1. The second kappa shape index (κ2) is 9.63. The van der Waals surface area contributed by atoms with Crippen LogP contribution in [0.15, 0.2) is 21.1 Å². The molecular weight excluding hydrogens is 440 g/mol. The molecule has 5 nitrogen and oxygen atoms in total. The van der Waals surface area contributed by atoms with Crippen molar-refractivity contribution in [1.82, 2.24) is 10.2 Å². The molecule has 0 spiro atoms. The summed E-state index contributed by atoms with van der Waals surface area (Å²) >= 11 is 7.05. The molecule has 0 aliphatic heterocycles. The van der Waals surface area contributed by atoms with Gasteiger partial charge in [-0.3, -0.25) is 0 Å². The van der Waals surface area contributed by atoms with Gasteiger partial charge >= 0.3 is 6.09 Å². The minimum atomic E-state index is -0.473. The van der Waals surface area contributed by atoms with E-state index in [0.717, 1.165) is 20.3 Å². The highest BCUT2D eigenvalue weighted by molar-refractivity contribution is 9.11. The highest BCUT2D eigenvalue weighted by atomic mass is 79.9. The van der Waals surface area contributed by atoms with E-state index in [0.29, 0.717) is 26.2 Å². The summed E-state index contributed by atoms with van der Waals surface area (Å²) in [4.78, 5) is 13.4. The Balaban J connectivity index is 2.44. The van der Waals surface area contributed by atoms with Crippen LogP contribution in [0.3, 0.4) is 0 Å². The average Bonchev–Trinajstić information content (AvgIpc) is 2.45. The lowest BCUT2D eigenvalue weighted by Crippen LogP contribution is -2.37. The molecule has 0 saturated carbocycles. The van der Waals surface area contributed by atoms with Gasteiger partial charge in [-0.05, 0) is 77.3 Å². The maximum absolute atomic E-state index is 11.9. The van der Waals surface area contributed by atoms with E-state index in [1.807, 2.05) is 39.8 Å². The molecule has 0 radical (unpaired) electrons.